The van der Waals surface area contributed by atoms with E-state index in [1.54, 1.807) is 0 Å². The first-order chi connectivity index (χ1) is 9.37. The van der Waals surface area contributed by atoms with E-state index in [-0.39, 0.29) is 17.5 Å². The summed E-state index contributed by atoms with van der Waals surface area (Å²) in [5.74, 6) is 2.91. The van der Waals surface area contributed by atoms with Crippen molar-refractivity contribution in [3.05, 3.63) is 11.4 Å². The molecule has 20 heavy (non-hydrogen) atoms. The number of nitrogen functional groups attached to an aromatic ring is 1. The average molecular weight is 296 g/mol. The Labute approximate surface area is 119 Å². The van der Waals surface area contributed by atoms with Crippen molar-refractivity contribution < 1.29 is 8.42 Å². The van der Waals surface area contributed by atoms with Gasteiger partial charge in [0.2, 0.25) is 0 Å². The molecule has 1 aliphatic carbocycles. The summed E-state index contributed by atoms with van der Waals surface area (Å²) in [4.78, 5) is 11.1. The lowest BCUT2D eigenvalue weighted by atomic mass is 10.2. The van der Waals surface area contributed by atoms with E-state index in [1.165, 1.54) is 0 Å². The molecule has 0 bridgehead atoms. The third-order valence-corrected chi connectivity index (χ3v) is 5.85. The summed E-state index contributed by atoms with van der Waals surface area (Å²) in [7, 11) is -2.93. The highest BCUT2D eigenvalue weighted by Crippen LogP contribution is 2.40. The zero-order chi connectivity index (χ0) is 14.5. The zero-order valence-electron chi connectivity index (χ0n) is 11.8. The predicted octanol–water partition coefficient (Wildman–Crippen LogP) is 0.868. The number of anilines is 2. The summed E-state index contributed by atoms with van der Waals surface area (Å²) in [5, 5.41) is 0. The second-order valence-corrected chi connectivity index (χ2v) is 8.08. The smallest absolute Gasteiger partial charge is 0.154 e. The van der Waals surface area contributed by atoms with E-state index in [9.17, 15) is 8.42 Å². The van der Waals surface area contributed by atoms with Gasteiger partial charge in [0.1, 0.15) is 17.5 Å². The first-order valence-electron chi connectivity index (χ1n) is 6.98. The lowest BCUT2D eigenvalue weighted by Crippen LogP contribution is -2.47. The highest BCUT2D eigenvalue weighted by Gasteiger charge is 2.33. The van der Waals surface area contributed by atoms with Crippen LogP contribution >= 0.6 is 0 Å². The van der Waals surface area contributed by atoms with Crippen molar-refractivity contribution in [2.24, 2.45) is 0 Å². The third kappa shape index (κ3) is 2.46. The number of hydrogen-bond acceptors (Lipinski definition) is 6. The molecule has 2 fully saturated rings. The Hall–Kier alpha value is -1.37. The van der Waals surface area contributed by atoms with Crippen molar-refractivity contribution >= 4 is 21.5 Å². The Morgan fingerprint density at radius 1 is 1.30 bits per heavy atom. The standard InChI is InChI=1S/C13H20N4O2S/c1-8-7-20(18,19)6-5-17(8)13-9(2)11(14)15-12(16-13)10-3-4-10/h8,10H,3-7H2,1-2H3,(H2,14,15,16). The summed E-state index contributed by atoms with van der Waals surface area (Å²) in [6.07, 6.45) is 2.23. The van der Waals surface area contributed by atoms with E-state index in [2.05, 4.69) is 14.9 Å². The normalized spacial score (nSPS) is 25.7. The molecule has 3 rings (SSSR count). The average Bonchev–Trinajstić information content (AvgIpc) is 3.16. The fraction of sp³-hybridized carbons (Fsp3) is 0.692. The third-order valence-electron chi connectivity index (χ3n) is 4.06. The topological polar surface area (TPSA) is 89.2 Å². The molecule has 1 aromatic rings. The van der Waals surface area contributed by atoms with E-state index in [0.717, 1.165) is 30.0 Å². The molecular weight excluding hydrogens is 276 g/mol. The van der Waals surface area contributed by atoms with Gasteiger partial charge in [0, 0.05) is 24.1 Å². The molecule has 110 valence electrons. The first-order valence-corrected chi connectivity index (χ1v) is 8.80. The van der Waals surface area contributed by atoms with Crippen LogP contribution < -0.4 is 10.6 Å². The Balaban J connectivity index is 1.97. The Morgan fingerprint density at radius 3 is 2.60 bits per heavy atom. The Morgan fingerprint density at radius 2 is 2.00 bits per heavy atom. The summed E-state index contributed by atoms with van der Waals surface area (Å²) >= 11 is 0. The molecule has 2 N–H and O–H groups in total. The van der Waals surface area contributed by atoms with Crippen molar-refractivity contribution in [1.82, 2.24) is 9.97 Å². The summed E-state index contributed by atoms with van der Waals surface area (Å²) < 4.78 is 23.4. The van der Waals surface area contributed by atoms with Crippen molar-refractivity contribution in [1.29, 1.82) is 0 Å². The fourth-order valence-corrected chi connectivity index (χ4v) is 4.21. The second-order valence-electron chi connectivity index (χ2n) is 5.85. The lowest BCUT2D eigenvalue weighted by molar-refractivity contribution is 0.566. The van der Waals surface area contributed by atoms with E-state index < -0.39 is 9.84 Å². The van der Waals surface area contributed by atoms with Gasteiger partial charge in [-0.15, -0.1) is 0 Å². The highest BCUT2D eigenvalue weighted by atomic mass is 32.2. The van der Waals surface area contributed by atoms with Crippen LogP contribution in [0.15, 0.2) is 0 Å². The molecule has 1 saturated heterocycles. The van der Waals surface area contributed by atoms with Crippen LogP contribution in [0.25, 0.3) is 0 Å². The van der Waals surface area contributed by atoms with Gasteiger partial charge >= 0.3 is 0 Å². The van der Waals surface area contributed by atoms with Gasteiger partial charge < -0.3 is 10.6 Å². The van der Waals surface area contributed by atoms with Crippen molar-refractivity contribution in [3.8, 4) is 0 Å². The molecule has 0 radical (unpaired) electrons. The SMILES string of the molecule is Cc1c(N)nc(C2CC2)nc1N1CCS(=O)(=O)CC1C. The van der Waals surface area contributed by atoms with Crippen LogP contribution in [-0.2, 0) is 9.84 Å². The van der Waals surface area contributed by atoms with Gasteiger partial charge in [0.25, 0.3) is 0 Å². The lowest BCUT2D eigenvalue weighted by Gasteiger charge is -2.35. The molecule has 0 spiro atoms. The van der Waals surface area contributed by atoms with E-state index >= 15 is 0 Å². The number of nitrogens with zero attached hydrogens (tertiary/aromatic N) is 3. The number of hydrogen-bond donors (Lipinski definition) is 1. The minimum atomic E-state index is -2.93. The summed E-state index contributed by atoms with van der Waals surface area (Å²) in [6.45, 7) is 4.30. The minimum Gasteiger partial charge on any atom is -0.383 e. The summed E-state index contributed by atoms with van der Waals surface area (Å²) in [5.41, 5.74) is 6.84. The molecule has 1 aliphatic heterocycles. The van der Waals surface area contributed by atoms with Crippen LogP contribution in [0.2, 0.25) is 0 Å². The number of aromatic nitrogens is 2. The Bertz CT molecular complexity index is 640. The van der Waals surface area contributed by atoms with Crippen molar-refractivity contribution in [2.45, 2.75) is 38.6 Å². The zero-order valence-corrected chi connectivity index (χ0v) is 12.7. The number of rotatable bonds is 2. The molecule has 6 nitrogen and oxygen atoms in total. The van der Waals surface area contributed by atoms with Crippen LogP contribution in [-0.4, -0.2) is 42.5 Å². The minimum absolute atomic E-state index is 0.0752. The quantitative estimate of drug-likeness (QED) is 0.871. The maximum atomic E-state index is 11.7. The maximum Gasteiger partial charge on any atom is 0.154 e. The van der Waals surface area contributed by atoms with Crippen LogP contribution in [0.1, 0.15) is 37.1 Å². The number of nitrogens with two attached hydrogens (primary N) is 1. The van der Waals surface area contributed by atoms with Crippen LogP contribution in [0.3, 0.4) is 0 Å². The molecule has 1 unspecified atom stereocenters. The van der Waals surface area contributed by atoms with E-state index in [0.29, 0.717) is 18.3 Å². The molecule has 1 atom stereocenters. The van der Waals surface area contributed by atoms with Crippen molar-refractivity contribution in [2.75, 3.05) is 28.7 Å². The van der Waals surface area contributed by atoms with Gasteiger partial charge in [-0.25, -0.2) is 18.4 Å². The monoisotopic (exact) mass is 296 g/mol. The fourth-order valence-electron chi connectivity index (χ4n) is 2.66. The second kappa shape index (κ2) is 4.58. The van der Waals surface area contributed by atoms with Gasteiger partial charge in [0.05, 0.1) is 11.5 Å². The van der Waals surface area contributed by atoms with Gasteiger partial charge in [-0.2, -0.15) is 0 Å². The summed E-state index contributed by atoms with van der Waals surface area (Å²) in [6, 6.07) is -0.0752. The largest absolute Gasteiger partial charge is 0.383 e. The van der Waals surface area contributed by atoms with Gasteiger partial charge in [-0.05, 0) is 26.7 Å². The number of sulfone groups is 1. The van der Waals surface area contributed by atoms with Gasteiger partial charge in [-0.3, -0.25) is 0 Å². The molecule has 2 aliphatic rings. The van der Waals surface area contributed by atoms with Gasteiger partial charge in [0.15, 0.2) is 9.84 Å². The molecule has 0 amide bonds. The Kier molecular flexibility index (Phi) is 3.12. The highest BCUT2D eigenvalue weighted by molar-refractivity contribution is 7.91. The molecule has 1 saturated carbocycles. The van der Waals surface area contributed by atoms with E-state index in [1.807, 2.05) is 13.8 Å². The van der Waals surface area contributed by atoms with Crippen LogP contribution in [0.4, 0.5) is 11.6 Å². The molecule has 0 aromatic carbocycles. The van der Waals surface area contributed by atoms with E-state index in [4.69, 9.17) is 5.73 Å². The molecular formula is C13H20N4O2S. The predicted molar refractivity (Wildman–Crippen MR) is 78.6 cm³/mol. The van der Waals surface area contributed by atoms with Gasteiger partial charge in [-0.1, -0.05) is 0 Å². The first kappa shape index (κ1) is 13.6. The molecule has 2 heterocycles. The maximum absolute atomic E-state index is 11.7. The van der Waals surface area contributed by atoms with Crippen LogP contribution in [0, 0.1) is 6.92 Å². The van der Waals surface area contributed by atoms with Crippen molar-refractivity contribution in [3.63, 3.8) is 0 Å². The molecule has 7 heteroatoms. The molecule has 1 aromatic heterocycles. The van der Waals surface area contributed by atoms with Crippen LogP contribution in [0.5, 0.6) is 0 Å².